The third kappa shape index (κ3) is 3.71. The van der Waals surface area contributed by atoms with E-state index in [4.69, 9.17) is 5.11 Å². The Morgan fingerprint density at radius 3 is 2.43 bits per heavy atom. The van der Waals surface area contributed by atoms with Crippen LogP contribution in [0.1, 0.15) is 44.9 Å². The molecule has 0 spiro atoms. The number of carbonyl (C=O) groups excluding carboxylic acids is 1. The zero-order valence-electron chi connectivity index (χ0n) is 13.2. The second-order valence-corrected chi connectivity index (χ2v) is 8.09. The number of amides is 1. The van der Waals surface area contributed by atoms with Gasteiger partial charge >= 0.3 is 5.97 Å². The first-order valence-electron chi connectivity index (χ1n) is 8.37. The topological polar surface area (TPSA) is 66.4 Å². The fraction of sp³-hybridized carbons (Fsp3) is 0.556. The Balaban J connectivity index is 1.66. The molecular formula is C18H23NO3S. The molecule has 0 saturated heterocycles. The SMILES string of the molecule is O=C(O)[C@H]1CC[C@@H](NC(=O)C2(Sc3ccccc3)CCCC2)C1. The summed E-state index contributed by atoms with van der Waals surface area (Å²) in [6.07, 6.45) is 5.95. The number of hydrogen-bond acceptors (Lipinski definition) is 3. The number of thioether (sulfide) groups is 1. The van der Waals surface area contributed by atoms with Gasteiger partial charge in [0.1, 0.15) is 0 Å². The molecular weight excluding hydrogens is 310 g/mol. The zero-order chi connectivity index (χ0) is 16.3. The van der Waals surface area contributed by atoms with E-state index < -0.39 is 5.97 Å². The molecule has 4 nitrogen and oxygen atoms in total. The van der Waals surface area contributed by atoms with Crippen LogP contribution in [0.25, 0.3) is 0 Å². The van der Waals surface area contributed by atoms with Crippen LogP contribution >= 0.6 is 11.8 Å². The minimum Gasteiger partial charge on any atom is -0.481 e. The van der Waals surface area contributed by atoms with E-state index >= 15 is 0 Å². The van der Waals surface area contributed by atoms with Gasteiger partial charge in [-0.2, -0.15) is 0 Å². The number of nitrogens with one attached hydrogen (secondary N) is 1. The molecule has 0 aliphatic heterocycles. The predicted molar refractivity (Wildman–Crippen MR) is 90.4 cm³/mol. The van der Waals surface area contributed by atoms with Crippen molar-refractivity contribution in [3.63, 3.8) is 0 Å². The molecule has 0 aromatic heterocycles. The fourth-order valence-corrected chi connectivity index (χ4v) is 5.08. The van der Waals surface area contributed by atoms with Gasteiger partial charge in [0.15, 0.2) is 0 Å². The Bertz CT molecular complexity index is 569. The van der Waals surface area contributed by atoms with Gasteiger partial charge in [-0.05, 0) is 44.2 Å². The van der Waals surface area contributed by atoms with E-state index in [0.29, 0.717) is 12.8 Å². The summed E-state index contributed by atoms with van der Waals surface area (Å²) in [5.41, 5.74) is 0. The lowest BCUT2D eigenvalue weighted by molar-refractivity contribution is -0.141. The Kier molecular flexibility index (Phi) is 4.95. The molecule has 0 radical (unpaired) electrons. The minimum atomic E-state index is -0.740. The lowest BCUT2D eigenvalue weighted by atomic mass is 10.0. The Morgan fingerprint density at radius 1 is 1.13 bits per heavy atom. The van der Waals surface area contributed by atoms with E-state index in [1.54, 1.807) is 11.8 Å². The summed E-state index contributed by atoms with van der Waals surface area (Å²) in [7, 11) is 0. The van der Waals surface area contributed by atoms with E-state index in [1.165, 1.54) is 0 Å². The van der Waals surface area contributed by atoms with Crippen LogP contribution in [-0.4, -0.2) is 27.8 Å². The highest BCUT2D eigenvalue weighted by atomic mass is 32.2. The highest BCUT2D eigenvalue weighted by molar-refractivity contribution is 8.01. The van der Waals surface area contributed by atoms with Crippen LogP contribution in [0.4, 0.5) is 0 Å². The maximum atomic E-state index is 12.9. The van der Waals surface area contributed by atoms with Gasteiger partial charge in [0, 0.05) is 10.9 Å². The van der Waals surface area contributed by atoms with Crippen molar-refractivity contribution in [1.29, 1.82) is 0 Å². The first kappa shape index (κ1) is 16.4. The maximum Gasteiger partial charge on any atom is 0.306 e. The lowest BCUT2D eigenvalue weighted by Crippen LogP contribution is -2.46. The van der Waals surface area contributed by atoms with Crippen molar-refractivity contribution in [1.82, 2.24) is 5.32 Å². The van der Waals surface area contributed by atoms with Gasteiger partial charge in [0.25, 0.3) is 0 Å². The fourth-order valence-electron chi connectivity index (χ4n) is 3.69. The lowest BCUT2D eigenvalue weighted by Gasteiger charge is -2.29. The van der Waals surface area contributed by atoms with Crippen molar-refractivity contribution in [2.24, 2.45) is 5.92 Å². The Labute approximate surface area is 141 Å². The van der Waals surface area contributed by atoms with E-state index in [-0.39, 0.29) is 22.6 Å². The molecule has 2 atom stereocenters. The largest absolute Gasteiger partial charge is 0.481 e. The number of aliphatic carboxylic acids is 1. The van der Waals surface area contributed by atoms with Gasteiger partial charge in [0.2, 0.25) is 5.91 Å². The Morgan fingerprint density at radius 2 is 1.83 bits per heavy atom. The summed E-state index contributed by atoms with van der Waals surface area (Å²) in [5.74, 6) is -0.947. The molecule has 2 aliphatic carbocycles. The summed E-state index contributed by atoms with van der Waals surface area (Å²) in [5, 5.41) is 12.2. The average molecular weight is 333 g/mol. The third-order valence-corrected chi connectivity index (χ3v) is 6.49. The summed E-state index contributed by atoms with van der Waals surface area (Å²) < 4.78 is -0.386. The second kappa shape index (κ2) is 6.95. The normalized spacial score (nSPS) is 26.1. The predicted octanol–water partition coefficient (Wildman–Crippen LogP) is 3.46. The number of benzene rings is 1. The van der Waals surface area contributed by atoms with Crippen molar-refractivity contribution < 1.29 is 14.7 Å². The number of hydrogen-bond donors (Lipinski definition) is 2. The molecule has 1 amide bonds. The Hall–Kier alpha value is -1.49. The second-order valence-electron chi connectivity index (χ2n) is 6.64. The molecule has 2 fully saturated rings. The molecule has 2 N–H and O–H groups in total. The molecule has 23 heavy (non-hydrogen) atoms. The number of carboxylic acid groups (broad SMARTS) is 1. The van der Waals surface area contributed by atoms with Gasteiger partial charge in [-0.1, -0.05) is 31.0 Å². The van der Waals surface area contributed by atoms with E-state index in [9.17, 15) is 9.59 Å². The molecule has 0 bridgehead atoms. The smallest absolute Gasteiger partial charge is 0.306 e. The number of carboxylic acids is 1. The van der Waals surface area contributed by atoms with Crippen LogP contribution in [0.2, 0.25) is 0 Å². The van der Waals surface area contributed by atoms with Crippen molar-refractivity contribution in [3.8, 4) is 0 Å². The van der Waals surface area contributed by atoms with E-state index in [2.05, 4.69) is 5.32 Å². The number of rotatable bonds is 5. The quantitative estimate of drug-likeness (QED) is 0.866. The molecule has 124 valence electrons. The van der Waals surface area contributed by atoms with E-state index in [1.807, 2.05) is 30.3 Å². The van der Waals surface area contributed by atoms with E-state index in [0.717, 1.165) is 37.0 Å². The molecule has 2 aliphatic rings. The van der Waals surface area contributed by atoms with Crippen molar-refractivity contribution in [2.75, 3.05) is 0 Å². The maximum absolute atomic E-state index is 12.9. The van der Waals surface area contributed by atoms with Gasteiger partial charge in [-0.25, -0.2) is 0 Å². The standard InChI is InChI=1S/C18H23NO3S/c20-16(21)13-8-9-14(12-13)19-17(22)18(10-4-5-11-18)23-15-6-2-1-3-7-15/h1-3,6-7,13-14H,4-5,8-12H2,(H,19,22)(H,20,21)/t13-,14+/m0/s1. The highest BCUT2D eigenvalue weighted by Gasteiger charge is 2.43. The van der Waals surface area contributed by atoms with Crippen LogP contribution in [0.15, 0.2) is 35.2 Å². The van der Waals surface area contributed by atoms with Gasteiger partial charge in [0.05, 0.1) is 10.7 Å². The summed E-state index contributed by atoms with van der Waals surface area (Å²) in [6.45, 7) is 0. The van der Waals surface area contributed by atoms with Gasteiger partial charge in [-0.3, -0.25) is 9.59 Å². The van der Waals surface area contributed by atoms with Crippen LogP contribution in [0.5, 0.6) is 0 Å². The van der Waals surface area contributed by atoms with Crippen LogP contribution in [0.3, 0.4) is 0 Å². The van der Waals surface area contributed by atoms with Crippen molar-refractivity contribution >= 4 is 23.6 Å². The third-order valence-electron chi connectivity index (χ3n) is 5.00. The molecule has 5 heteroatoms. The van der Waals surface area contributed by atoms with Gasteiger partial charge < -0.3 is 10.4 Å². The zero-order valence-corrected chi connectivity index (χ0v) is 14.0. The molecule has 1 aromatic rings. The summed E-state index contributed by atoms with van der Waals surface area (Å²) in [4.78, 5) is 25.1. The molecule has 2 saturated carbocycles. The molecule has 0 heterocycles. The highest BCUT2D eigenvalue weighted by Crippen LogP contribution is 2.45. The first-order chi connectivity index (χ1) is 11.1. The van der Waals surface area contributed by atoms with Crippen LogP contribution < -0.4 is 5.32 Å². The first-order valence-corrected chi connectivity index (χ1v) is 9.18. The van der Waals surface area contributed by atoms with Crippen molar-refractivity contribution in [3.05, 3.63) is 30.3 Å². The van der Waals surface area contributed by atoms with Gasteiger partial charge in [-0.15, -0.1) is 11.8 Å². The molecule has 1 aromatic carbocycles. The van der Waals surface area contributed by atoms with Crippen LogP contribution in [-0.2, 0) is 9.59 Å². The minimum absolute atomic E-state index is 0.0115. The monoisotopic (exact) mass is 333 g/mol. The molecule has 3 rings (SSSR count). The molecule has 0 unspecified atom stereocenters. The number of carbonyl (C=O) groups is 2. The van der Waals surface area contributed by atoms with Crippen molar-refractivity contribution in [2.45, 2.75) is 60.6 Å². The van der Waals surface area contributed by atoms with Crippen LogP contribution in [0, 0.1) is 5.92 Å². The average Bonchev–Trinajstić information content (AvgIpc) is 3.18. The summed E-state index contributed by atoms with van der Waals surface area (Å²) >= 11 is 1.67. The summed E-state index contributed by atoms with van der Waals surface area (Å²) in [6, 6.07) is 10.1.